The number of carbonyl (C=O) groups is 1. The van der Waals surface area contributed by atoms with E-state index in [0.717, 1.165) is 16.6 Å². The van der Waals surface area contributed by atoms with E-state index in [1.54, 1.807) is 35.2 Å². The second-order valence-corrected chi connectivity index (χ2v) is 9.85. The van der Waals surface area contributed by atoms with Crippen LogP contribution >= 0.6 is 11.8 Å². The molecule has 1 saturated heterocycles. The zero-order valence-corrected chi connectivity index (χ0v) is 17.7. The molecule has 2 aromatic carbocycles. The van der Waals surface area contributed by atoms with Crippen molar-refractivity contribution in [2.24, 2.45) is 0 Å². The molecule has 4 rings (SSSR count). The Morgan fingerprint density at radius 2 is 1.83 bits per heavy atom. The molecular formula is C20H22N4O3S2. The molecule has 152 valence electrons. The summed E-state index contributed by atoms with van der Waals surface area (Å²) in [4.78, 5) is 22.3. The van der Waals surface area contributed by atoms with Crippen LogP contribution in [0.4, 0.5) is 0 Å². The number of imidazole rings is 1. The number of hydrogen-bond acceptors (Lipinski definition) is 5. The molecule has 1 aromatic heterocycles. The smallest absolute Gasteiger partial charge is 0.243 e. The Morgan fingerprint density at radius 1 is 1.10 bits per heavy atom. The third kappa shape index (κ3) is 4.31. The zero-order chi connectivity index (χ0) is 20.4. The number of hydrogen-bond donors (Lipinski definition) is 1. The van der Waals surface area contributed by atoms with Crippen LogP contribution in [-0.2, 0) is 14.8 Å². The van der Waals surface area contributed by atoms with Gasteiger partial charge in [-0.2, -0.15) is 4.31 Å². The lowest BCUT2D eigenvalue weighted by atomic mass is 10.2. The maximum absolute atomic E-state index is 12.7. The summed E-state index contributed by atoms with van der Waals surface area (Å²) in [6.07, 6.45) is 0. The van der Waals surface area contributed by atoms with Gasteiger partial charge in [-0.1, -0.05) is 36.0 Å². The average molecular weight is 431 g/mol. The van der Waals surface area contributed by atoms with Crippen molar-refractivity contribution in [2.75, 3.05) is 31.9 Å². The summed E-state index contributed by atoms with van der Waals surface area (Å²) in [5.74, 6) is 0.257. The van der Waals surface area contributed by atoms with Crippen LogP contribution in [0.15, 0.2) is 58.6 Å². The molecule has 7 nitrogen and oxygen atoms in total. The van der Waals surface area contributed by atoms with Crippen LogP contribution in [0.25, 0.3) is 11.0 Å². The van der Waals surface area contributed by atoms with Gasteiger partial charge in [-0.05, 0) is 36.8 Å². The van der Waals surface area contributed by atoms with Gasteiger partial charge in [0.2, 0.25) is 15.9 Å². The number of nitrogens with zero attached hydrogens (tertiary/aromatic N) is 3. The molecule has 1 N–H and O–H groups in total. The van der Waals surface area contributed by atoms with Crippen molar-refractivity contribution in [3.8, 4) is 0 Å². The van der Waals surface area contributed by atoms with Gasteiger partial charge in [0.25, 0.3) is 0 Å². The number of amides is 1. The number of sulfonamides is 1. The fourth-order valence-electron chi connectivity index (χ4n) is 3.31. The topological polar surface area (TPSA) is 86.4 Å². The van der Waals surface area contributed by atoms with Crippen molar-refractivity contribution in [3.05, 3.63) is 54.1 Å². The highest BCUT2D eigenvalue weighted by Gasteiger charge is 2.29. The number of aromatic amines is 1. The number of aromatic nitrogens is 2. The van der Waals surface area contributed by atoms with E-state index in [1.165, 1.54) is 16.1 Å². The van der Waals surface area contributed by atoms with Crippen LogP contribution in [-0.4, -0.2) is 65.4 Å². The highest BCUT2D eigenvalue weighted by atomic mass is 32.2. The number of nitrogens with one attached hydrogen (secondary N) is 1. The zero-order valence-electron chi connectivity index (χ0n) is 16.0. The summed E-state index contributed by atoms with van der Waals surface area (Å²) in [5.41, 5.74) is 2.99. The van der Waals surface area contributed by atoms with E-state index in [0.29, 0.717) is 31.3 Å². The molecule has 0 spiro atoms. The molecule has 0 unspecified atom stereocenters. The highest BCUT2D eigenvalue weighted by Crippen LogP contribution is 2.22. The minimum atomic E-state index is -3.51. The monoisotopic (exact) mass is 430 g/mol. The largest absolute Gasteiger partial charge is 0.339 e. The van der Waals surface area contributed by atoms with Crippen LogP contribution in [0, 0.1) is 6.92 Å². The second-order valence-electron chi connectivity index (χ2n) is 6.95. The summed E-state index contributed by atoms with van der Waals surface area (Å²) in [5, 5.41) is 0.712. The van der Waals surface area contributed by atoms with E-state index < -0.39 is 10.0 Å². The first kappa shape index (κ1) is 19.9. The summed E-state index contributed by atoms with van der Waals surface area (Å²) >= 11 is 1.37. The Morgan fingerprint density at radius 3 is 2.55 bits per heavy atom. The summed E-state index contributed by atoms with van der Waals surface area (Å²) in [6.45, 7) is 3.42. The third-order valence-electron chi connectivity index (χ3n) is 4.92. The van der Waals surface area contributed by atoms with E-state index >= 15 is 0 Å². The van der Waals surface area contributed by atoms with Crippen molar-refractivity contribution in [3.63, 3.8) is 0 Å². The van der Waals surface area contributed by atoms with Crippen LogP contribution in [0.3, 0.4) is 0 Å². The van der Waals surface area contributed by atoms with Gasteiger partial charge in [-0.3, -0.25) is 4.79 Å². The van der Waals surface area contributed by atoms with Crippen molar-refractivity contribution < 1.29 is 13.2 Å². The van der Waals surface area contributed by atoms with Crippen molar-refractivity contribution >= 4 is 38.7 Å². The lowest BCUT2D eigenvalue weighted by molar-refractivity contribution is -0.129. The number of aryl methyl sites for hydroxylation is 1. The van der Waals surface area contributed by atoms with E-state index in [9.17, 15) is 13.2 Å². The maximum Gasteiger partial charge on any atom is 0.243 e. The molecule has 2 heterocycles. The van der Waals surface area contributed by atoms with Crippen LogP contribution in [0.2, 0.25) is 0 Å². The minimum absolute atomic E-state index is 0.0107. The van der Waals surface area contributed by atoms with Gasteiger partial charge in [0.1, 0.15) is 0 Å². The summed E-state index contributed by atoms with van der Waals surface area (Å²) in [7, 11) is -3.51. The molecule has 1 fully saturated rings. The van der Waals surface area contributed by atoms with Gasteiger partial charge < -0.3 is 9.88 Å². The first-order valence-electron chi connectivity index (χ1n) is 9.35. The molecule has 3 aromatic rings. The summed E-state index contributed by atoms with van der Waals surface area (Å²) in [6, 6.07) is 14.4. The number of H-pyrrole nitrogens is 1. The number of piperazine rings is 1. The average Bonchev–Trinajstić information content (AvgIpc) is 3.14. The number of fused-ring (bicyclic) bond motifs is 1. The van der Waals surface area contributed by atoms with Gasteiger partial charge in [0, 0.05) is 26.2 Å². The lowest BCUT2D eigenvalue weighted by Crippen LogP contribution is -2.50. The van der Waals surface area contributed by atoms with Gasteiger partial charge >= 0.3 is 0 Å². The minimum Gasteiger partial charge on any atom is -0.339 e. The molecule has 0 atom stereocenters. The molecule has 29 heavy (non-hydrogen) atoms. The van der Waals surface area contributed by atoms with E-state index in [2.05, 4.69) is 9.97 Å². The van der Waals surface area contributed by atoms with Gasteiger partial charge in [-0.25, -0.2) is 13.4 Å². The van der Waals surface area contributed by atoms with Gasteiger partial charge in [-0.15, -0.1) is 0 Å². The second kappa shape index (κ2) is 8.17. The fourth-order valence-corrected chi connectivity index (χ4v) is 5.54. The molecule has 0 saturated carbocycles. The first-order chi connectivity index (χ1) is 13.9. The molecule has 1 amide bonds. The van der Waals surface area contributed by atoms with Crippen LogP contribution in [0.1, 0.15) is 5.56 Å². The Bertz CT molecular complexity index is 1120. The predicted octanol–water partition coefficient (Wildman–Crippen LogP) is 2.50. The molecule has 9 heteroatoms. The summed E-state index contributed by atoms with van der Waals surface area (Å²) < 4.78 is 26.8. The number of thioether (sulfide) groups is 1. The quantitative estimate of drug-likeness (QED) is 0.629. The van der Waals surface area contributed by atoms with Gasteiger partial charge in [0.15, 0.2) is 5.16 Å². The highest BCUT2D eigenvalue weighted by molar-refractivity contribution is 7.99. The maximum atomic E-state index is 12.7. The first-order valence-corrected chi connectivity index (χ1v) is 11.8. The Balaban J connectivity index is 1.33. The number of benzene rings is 2. The fraction of sp³-hybridized carbons (Fsp3) is 0.300. The molecule has 0 radical (unpaired) electrons. The standard InChI is InChI=1S/C20H22N4O3S2/c1-15-7-8-17-18(13-15)22-20(21-17)28-14-19(25)23-9-11-24(12-10-23)29(26,27)16-5-3-2-4-6-16/h2-8,13H,9-12,14H2,1H3,(H,21,22). The molecule has 1 aliphatic heterocycles. The van der Waals surface area contributed by atoms with Crippen LogP contribution in [0.5, 0.6) is 0 Å². The van der Waals surface area contributed by atoms with Gasteiger partial charge in [0.05, 0.1) is 21.7 Å². The Kier molecular flexibility index (Phi) is 5.62. The van der Waals surface area contributed by atoms with E-state index in [1.807, 2.05) is 25.1 Å². The molecule has 0 bridgehead atoms. The SMILES string of the molecule is Cc1ccc2nc(SCC(=O)N3CCN(S(=O)(=O)c4ccccc4)CC3)[nH]c2c1. The number of rotatable bonds is 5. The van der Waals surface area contributed by atoms with Crippen LogP contribution < -0.4 is 0 Å². The normalized spacial score (nSPS) is 15.7. The van der Waals surface area contributed by atoms with E-state index in [4.69, 9.17) is 0 Å². The molecule has 1 aliphatic rings. The van der Waals surface area contributed by atoms with Crippen molar-refractivity contribution in [1.29, 1.82) is 0 Å². The molecule has 0 aliphatic carbocycles. The Labute approximate surface area is 174 Å². The predicted molar refractivity (Wildman–Crippen MR) is 113 cm³/mol. The molecular weight excluding hydrogens is 408 g/mol. The third-order valence-corrected chi connectivity index (χ3v) is 7.69. The number of carbonyl (C=O) groups excluding carboxylic acids is 1. The van der Waals surface area contributed by atoms with E-state index in [-0.39, 0.29) is 16.6 Å². The van der Waals surface area contributed by atoms with Crippen molar-refractivity contribution in [1.82, 2.24) is 19.2 Å². The Hall–Kier alpha value is -2.36. The lowest BCUT2D eigenvalue weighted by Gasteiger charge is -2.34. The van der Waals surface area contributed by atoms with Crippen molar-refractivity contribution in [2.45, 2.75) is 17.0 Å².